The monoisotopic (exact) mass is 388 g/mol. The van der Waals surface area contributed by atoms with E-state index in [0.29, 0.717) is 23.8 Å². The Labute approximate surface area is 163 Å². The maximum Gasteiger partial charge on any atom is 0.303 e. The number of benzene rings is 1. The first-order valence-electron chi connectivity index (χ1n) is 9.47. The first kappa shape index (κ1) is 20.0. The first-order chi connectivity index (χ1) is 13.4. The summed E-state index contributed by atoms with van der Waals surface area (Å²) < 4.78 is 14.8. The summed E-state index contributed by atoms with van der Waals surface area (Å²) in [6.45, 7) is 3.63. The van der Waals surface area contributed by atoms with Crippen molar-refractivity contribution in [1.82, 2.24) is 14.7 Å². The molecule has 1 amide bonds. The molecular weight excluding hydrogens is 363 g/mol. The molecule has 1 aromatic heterocycles. The third-order valence-electron chi connectivity index (χ3n) is 4.91. The molecule has 1 unspecified atom stereocenters. The van der Waals surface area contributed by atoms with E-state index < -0.39 is 5.97 Å². The molecule has 1 atom stereocenters. The zero-order valence-corrected chi connectivity index (χ0v) is 15.9. The molecule has 2 N–H and O–H groups in total. The number of hydrogen-bond acceptors (Lipinski definition) is 4. The Hall–Kier alpha value is -2.74. The number of nitrogens with one attached hydrogen (secondary N) is 1. The van der Waals surface area contributed by atoms with E-state index in [1.54, 1.807) is 22.9 Å². The Morgan fingerprint density at radius 2 is 2.07 bits per heavy atom. The number of carboxylic acid groups (broad SMARTS) is 1. The Balaban J connectivity index is 1.60. The molecule has 0 aliphatic carbocycles. The van der Waals surface area contributed by atoms with Crippen molar-refractivity contribution >= 4 is 17.7 Å². The minimum Gasteiger partial charge on any atom is -0.481 e. The van der Waals surface area contributed by atoms with Gasteiger partial charge in [0.1, 0.15) is 11.6 Å². The van der Waals surface area contributed by atoms with E-state index in [1.807, 2.05) is 6.92 Å². The van der Waals surface area contributed by atoms with E-state index >= 15 is 0 Å². The van der Waals surface area contributed by atoms with Crippen LogP contribution in [0.4, 0.5) is 10.2 Å². The number of amides is 1. The smallest absolute Gasteiger partial charge is 0.303 e. The lowest BCUT2D eigenvalue weighted by Crippen LogP contribution is -2.40. The van der Waals surface area contributed by atoms with Gasteiger partial charge in [-0.2, -0.15) is 5.10 Å². The van der Waals surface area contributed by atoms with Crippen LogP contribution in [-0.2, 0) is 9.59 Å². The highest BCUT2D eigenvalue weighted by molar-refractivity contribution is 5.91. The van der Waals surface area contributed by atoms with Crippen LogP contribution < -0.4 is 5.32 Å². The minimum atomic E-state index is -0.778. The second kappa shape index (κ2) is 8.97. The molecular formula is C20H25FN4O3. The molecule has 7 nitrogen and oxygen atoms in total. The van der Waals surface area contributed by atoms with Gasteiger partial charge in [-0.05, 0) is 62.9 Å². The normalized spacial score (nSPS) is 17.4. The van der Waals surface area contributed by atoms with E-state index in [9.17, 15) is 14.0 Å². The third kappa shape index (κ3) is 5.39. The van der Waals surface area contributed by atoms with Gasteiger partial charge in [0.2, 0.25) is 5.91 Å². The summed E-state index contributed by atoms with van der Waals surface area (Å²) in [6.07, 6.45) is 2.77. The molecule has 0 spiro atoms. The van der Waals surface area contributed by atoms with Crippen LogP contribution in [0.2, 0.25) is 0 Å². The minimum absolute atomic E-state index is 0.151. The van der Waals surface area contributed by atoms with Crippen molar-refractivity contribution in [2.45, 2.75) is 32.6 Å². The van der Waals surface area contributed by atoms with E-state index in [0.717, 1.165) is 31.6 Å². The van der Waals surface area contributed by atoms with E-state index in [-0.39, 0.29) is 24.7 Å². The molecule has 8 heteroatoms. The van der Waals surface area contributed by atoms with Crippen LogP contribution in [0.25, 0.3) is 5.69 Å². The predicted molar refractivity (Wildman–Crippen MR) is 103 cm³/mol. The standard InChI is InChI=1S/C20H25FN4O3/c1-14-11-18(25(23-14)17-7-5-16(21)6-8-17)22-19(26)13-24-10-2-3-15(12-24)4-9-20(27)28/h5-8,11,15H,2-4,9-10,12-13H2,1H3,(H,22,26)(H,27,28). The molecule has 0 radical (unpaired) electrons. The highest BCUT2D eigenvalue weighted by Gasteiger charge is 2.22. The maximum absolute atomic E-state index is 13.2. The number of carbonyl (C=O) groups excluding carboxylic acids is 1. The SMILES string of the molecule is Cc1cc(NC(=O)CN2CCCC(CCC(=O)O)C2)n(-c2ccc(F)cc2)n1. The molecule has 1 fully saturated rings. The van der Waals surface area contributed by atoms with E-state index in [4.69, 9.17) is 5.11 Å². The van der Waals surface area contributed by atoms with Crippen molar-refractivity contribution in [3.8, 4) is 5.69 Å². The number of piperidine rings is 1. The quantitative estimate of drug-likeness (QED) is 0.762. The van der Waals surface area contributed by atoms with Crippen LogP contribution in [0.3, 0.4) is 0 Å². The molecule has 2 heterocycles. The van der Waals surface area contributed by atoms with Gasteiger partial charge >= 0.3 is 5.97 Å². The van der Waals surface area contributed by atoms with Crippen molar-refractivity contribution in [2.75, 3.05) is 25.0 Å². The third-order valence-corrected chi connectivity index (χ3v) is 4.91. The van der Waals surface area contributed by atoms with E-state index in [1.165, 1.54) is 12.1 Å². The molecule has 0 saturated carbocycles. The maximum atomic E-state index is 13.2. The number of halogens is 1. The summed E-state index contributed by atoms with van der Waals surface area (Å²) in [5, 5.41) is 16.1. The van der Waals surface area contributed by atoms with Crippen LogP contribution >= 0.6 is 0 Å². The number of aromatic nitrogens is 2. The number of aliphatic carboxylic acids is 1. The highest BCUT2D eigenvalue weighted by atomic mass is 19.1. The average molecular weight is 388 g/mol. The number of aryl methyl sites for hydroxylation is 1. The summed E-state index contributed by atoms with van der Waals surface area (Å²) in [5.41, 5.74) is 1.41. The summed E-state index contributed by atoms with van der Waals surface area (Å²) in [5.74, 6) is -0.416. The Kier molecular flexibility index (Phi) is 6.41. The summed E-state index contributed by atoms with van der Waals surface area (Å²) >= 11 is 0. The van der Waals surface area contributed by atoms with Gasteiger partial charge in [-0.3, -0.25) is 14.5 Å². The van der Waals surface area contributed by atoms with Gasteiger partial charge in [0.05, 0.1) is 17.9 Å². The zero-order valence-electron chi connectivity index (χ0n) is 15.9. The molecule has 28 heavy (non-hydrogen) atoms. The lowest BCUT2D eigenvalue weighted by atomic mass is 9.93. The van der Waals surface area contributed by atoms with Crippen molar-refractivity contribution in [1.29, 1.82) is 0 Å². The Morgan fingerprint density at radius 3 is 2.79 bits per heavy atom. The topological polar surface area (TPSA) is 87.5 Å². The molecule has 1 aromatic carbocycles. The Morgan fingerprint density at radius 1 is 1.32 bits per heavy atom. The largest absolute Gasteiger partial charge is 0.481 e. The van der Waals surface area contributed by atoms with Gasteiger partial charge in [0.15, 0.2) is 0 Å². The van der Waals surface area contributed by atoms with Gasteiger partial charge in [-0.15, -0.1) is 0 Å². The van der Waals surface area contributed by atoms with Gasteiger partial charge < -0.3 is 10.4 Å². The summed E-state index contributed by atoms with van der Waals surface area (Å²) in [4.78, 5) is 25.4. The molecule has 1 saturated heterocycles. The lowest BCUT2D eigenvalue weighted by Gasteiger charge is -2.32. The van der Waals surface area contributed by atoms with Crippen molar-refractivity contribution < 1.29 is 19.1 Å². The number of rotatable bonds is 7. The number of carbonyl (C=O) groups is 2. The molecule has 150 valence electrons. The highest BCUT2D eigenvalue weighted by Crippen LogP contribution is 2.21. The van der Waals surface area contributed by atoms with Gasteiger partial charge in [0.25, 0.3) is 0 Å². The van der Waals surface area contributed by atoms with Crippen LogP contribution in [0.1, 0.15) is 31.4 Å². The van der Waals surface area contributed by atoms with Crippen LogP contribution in [0.15, 0.2) is 30.3 Å². The fraction of sp³-hybridized carbons (Fsp3) is 0.450. The van der Waals surface area contributed by atoms with Crippen molar-refractivity contribution in [3.05, 3.63) is 41.8 Å². The number of nitrogens with zero attached hydrogens (tertiary/aromatic N) is 3. The first-order valence-corrected chi connectivity index (χ1v) is 9.47. The summed E-state index contributed by atoms with van der Waals surface area (Å²) in [6, 6.07) is 7.68. The van der Waals surface area contributed by atoms with Gasteiger partial charge in [-0.25, -0.2) is 9.07 Å². The predicted octanol–water partition coefficient (Wildman–Crippen LogP) is 2.84. The van der Waals surface area contributed by atoms with E-state index in [2.05, 4.69) is 15.3 Å². The zero-order chi connectivity index (χ0) is 20.1. The second-order valence-corrected chi connectivity index (χ2v) is 7.28. The van der Waals surface area contributed by atoms with Crippen molar-refractivity contribution in [3.63, 3.8) is 0 Å². The molecule has 0 bridgehead atoms. The lowest BCUT2D eigenvalue weighted by molar-refractivity contribution is -0.137. The number of likely N-dealkylation sites (tertiary alicyclic amines) is 1. The molecule has 3 rings (SSSR count). The Bertz CT molecular complexity index is 834. The molecule has 2 aromatic rings. The molecule has 1 aliphatic heterocycles. The van der Waals surface area contributed by atoms with Crippen molar-refractivity contribution in [2.24, 2.45) is 5.92 Å². The fourth-order valence-electron chi connectivity index (χ4n) is 3.61. The van der Waals surface area contributed by atoms with Crippen LogP contribution in [-0.4, -0.2) is 51.3 Å². The van der Waals surface area contributed by atoms with Crippen LogP contribution in [0, 0.1) is 18.7 Å². The number of carboxylic acids is 1. The second-order valence-electron chi connectivity index (χ2n) is 7.28. The fourth-order valence-corrected chi connectivity index (χ4v) is 3.61. The number of anilines is 1. The average Bonchev–Trinajstić information content (AvgIpc) is 3.01. The van der Waals surface area contributed by atoms with Gasteiger partial charge in [0, 0.05) is 19.0 Å². The van der Waals surface area contributed by atoms with Crippen LogP contribution in [0.5, 0.6) is 0 Å². The summed E-state index contributed by atoms with van der Waals surface area (Å²) in [7, 11) is 0. The molecule has 1 aliphatic rings. The van der Waals surface area contributed by atoms with Gasteiger partial charge in [-0.1, -0.05) is 0 Å². The number of hydrogen-bond donors (Lipinski definition) is 2.